The van der Waals surface area contributed by atoms with Crippen LogP contribution in [0.25, 0.3) is 0 Å². The first-order valence-electron chi connectivity index (χ1n) is 6.74. The number of hydrogen-bond donors (Lipinski definition) is 2. The Labute approximate surface area is 124 Å². The molecule has 3 N–H and O–H groups in total. The summed E-state index contributed by atoms with van der Waals surface area (Å²) in [5.41, 5.74) is 8.05. The fourth-order valence-electron chi connectivity index (χ4n) is 2.04. The standard InChI is InChI=1S/C16H19N3O2/c1-11-9-13(10-15(17)19-11)16(20)18-8-7-12-3-5-14(21-2)6-4-12/h3-6,9-10H,7-8H2,1-2H3,(H2,17,19)(H,18,20). The fraction of sp³-hybridized carbons (Fsp3) is 0.250. The summed E-state index contributed by atoms with van der Waals surface area (Å²) in [5.74, 6) is 1.04. The van der Waals surface area contributed by atoms with Crippen LogP contribution in [0, 0.1) is 6.92 Å². The van der Waals surface area contributed by atoms with E-state index < -0.39 is 0 Å². The normalized spacial score (nSPS) is 10.2. The molecule has 0 fully saturated rings. The van der Waals surface area contributed by atoms with Gasteiger partial charge < -0.3 is 15.8 Å². The molecule has 0 aliphatic carbocycles. The second kappa shape index (κ2) is 6.74. The molecule has 0 spiro atoms. The Bertz CT molecular complexity index is 604. The number of rotatable bonds is 5. The van der Waals surface area contributed by atoms with Gasteiger partial charge in [0.2, 0.25) is 0 Å². The first-order valence-corrected chi connectivity index (χ1v) is 6.74. The van der Waals surface area contributed by atoms with Crippen LogP contribution in [0.5, 0.6) is 5.75 Å². The van der Waals surface area contributed by atoms with Gasteiger partial charge in [0, 0.05) is 17.8 Å². The van der Waals surface area contributed by atoms with E-state index in [-0.39, 0.29) is 5.91 Å². The molecular formula is C16H19N3O2. The molecule has 0 aliphatic heterocycles. The molecule has 110 valence electrons. The Morgan fingerprint density at radius 2 is 2.00 bits per heavy atom. The molecule has 0 aliphatic rings. The van der Waals surface area contributed by atoms with Crippen molar-refractivity contribution in [2.75, 3.05) is 19.4 Å². The zero-order valence-corrected chi connectivity index (χ0v) is 12.2. The first-order chi connectivity index (χ1) is 10.1. The smallest absolute Gasteiger partial charge is 0.251 e. The van der Waals surface area contributed by atoms with Crippen molar-refractivity contribution in [1.82, 2.24) is 10.3 Å². The fourth-order valence-corrected chi connectivity index (χ4v) is 2.04. The average molecular weight is 285 g/mol. The number of ether oxygens (including phenoxy) is 1. The van der Waals surface area contributed by atoms with Crippen LogP contribution in [-0.4, -0.2) is 24.5 Å². The molecule has 1 heterocycles. The van der Waals surface area contributed by atoms with Crippen LogP contribution in [0.2, 0.25) is 0 Å². The molecule has 0 saturated heterocycles. The summed E-state index contributed by atoms with van der Waals surface area (Å²) in [6.07, 6.45) is 0.759. The lowest BCUT2D eigenvalue weighted by Crippen LogP contribution is -2.26. The van der Waals surface area contributed by atoms with Crippen molar-refractivity contribution in [3.05, 3.63) is 53.2 Å². The predicted octanol–water partition coefficient (Wildman–Crippen LogP) is 1.95. The van der Waals surface area contributed by atoms with E-state index in [9.17, 15) is 4.79 Å². The van der Waals surface area contributed by atoms with Crippen molar-refractivity contribution in [2.24, 2.45) is 0 Å². The minimum Gasteiger partial charge on any atom is -0.497 e. The molecule has 5 nitrogen and oxygen atoms in total. The molecule has 0 saturated carbocycles. The highest BCUT2D eigenvalue weighted by atomic mass is 16.5. The zero-order valence-electron chi connectivity index (χ0n) is 12.2. The Balaban J connectivity index is 1.88. The van der Waals surface area contributed by atoms with E-state index in [0.29, 0.717) is 17.9 Å². The van der Waals surface area contributed by atoms with Gasteiger partial charge >= 0.3 is 0 Å². The third kappa shape index (κ3) is 4.21. The number of nitrogens with zero attached hydrogens (tertiary/aromatic N) is 1. The van der Waals surface area contributed by atoms with E-state index in [1.807, 2.05) is 31.2 Å². The van der Waals surface area contributed by atoms with Crippen molar-refractivity contribution in [3.63, 3.8) is 0 Å². The number of aryl methyl sites for hydroxylation is 1. The molecule has 5 heteroatoms. The summed E-state index contributed by atoms with van der Waals surface area (Å²) in [4.78, 5) is 16.1. The van der Waals surface area contributed by atoms with Crippen LogP contribution >= 0.6 is 0 Å². The lowest BCUT2D eigenvalue weighted by Gasteiger charge is -2.07. The highest BCUT2D eigenvalue weighted by Crippen LogP contribution is 2.11. The number of aromatic nitrogens is 1. The van der Waals surface area contributed by atoms with Crippen molar-refractivity contribution in [1.29, 1.82) is 0 Å². The topological polar surface area (TPSA) is 77.2 Å². The van der Waals surface area contributed by atoms with Gasteiger partial charge in [0.15, 0.2) is 0 Å². The van der Waals surface area contributed by atoms with Gasteiger partial charge in [-0.25, -0.2) is 4.98 Å². The third-order valence-electron chi connectivity index (χ3n) is 3.09. The molecule has 1 aromatic carbocycles. The Hall–Kier alpha value is -2.56. The van der Waals surface area contributed by atoms with Crippen molar-refractivity contribution >= 4 is 11.7 Å². The number of pyridine rings is 1. The number of nitrogens with one attached hydrogen (secondary N) is 1. The molecule has 0 bridgehead atoms. The molecule has 2 aromatic rings. The number of amides is 1. The molecule has 1 amide bonds. The van der Waals surface area contributed by atoms with E-state index in [2.05, 4.69) is 10.3 Å². The molecule has 0 radical (unpaired) electrons. The second-order valence-corrected chi connectivity index (χ2v) is 4.78. The molecule has 1 aromatic heterocycles. The molecular weight excluding hydrogens is 266 g/mol. The van der Waals surface area contributed by atoms with Crippen LogP contribution in [0.1, 0.15) is 21.6 Å². The molecule has 21 heavy (non-hydrogen) atoms. The zero-order chi connectivity index (χ0) is 15.2. The molecule has 0 unspecified atom stereocenters. The minimum absolute atomic E-state index is 0.138. The number of carbonyl (C=O) groups is 1. The second-order valence-electron chi connectivity index (χ2n) is 4.78. The number of carbonyl (C=O) groups excluding carboxylic acids is 1. The SMILES string of the molecule is COc1ccc(CCNC(=O)c2cc(C)nc(N)c2)cc1. The van der Waals surface area contributed by atoms with Gasteiger partial charge in [0.25, 0.3) is 5.91 Å². The summed E-state index contributed by atoms with van der Waals surface area (Å²) in [6, 6.07) is 11.1. The van der Waals surface area contributed by atoms with Crippen LogP contribution in [0.3, 0.4) is 0 Å². The largest absolute Gasteiger partial charge is 0.497 e. The summed E-state index contributed by atoms with van der Waals surface area (Å²) in [7, 11) is 1.64. The van der Waals surface area contributed by atoms with E-state index >= 15 is 0 Å². The lowest BCUT2D eigenvalue weighted by atomic mass is 10.1. The van der Waals surface area contributed by atoms with E-state index in [1.54, 1.807) is 19.2 Å². The van der Waals surface area contributed by atoms with Gasteiger partial charge in [0.05, 0.1) is 7.11 Å². The monoisotopic (exact) mass is 285 g/mol. The lowest BCUT2D eigenvalue weighted by molar-refractivity contribution is 0.0954. The van der Waals surface area contributed by atoms with E-state index in [1.165, 1.54) is 0 Å². The summed E-state index contributed by atoms with van der Waals surface area (Å²) >= 11 is 0. The van der Waals surface area contributed by atoms with Crippen LogP contribution < -0.4 is 15.8 Å². The van der Waals surface area contributed by atoms with E-state index in [0.717, 1.165) is 23.4 Å². The van der Waals surface area contributed by atoms with Gasteiger partial charge in [-0.3, -0.25) is 4.79 Å². The highest BCUT2D eigenvalue weighted by molar-refractivity contribution is 5.94. The average Bonchev–Trinajstić information content (AvgIpc) is 2.47. The maximum atomic E-state index is 12.0. The Kier molecular flexibility index (Phi) is 4.77. The Morgan fingerprint density at radius 1 is 1.29 bits per heavy atom. The summed E-state index contributed by atoms with van der Waals surface area (Å²) in [5, 5.41) is 2.88. The number of benzene rings is 1. The van der Waals surface area contributed by atoms with Gasteiger partial charge in [-0.2, -0.15) is 0 Å². The summed E-state index contributed by atoms with van der Waals surface area (Å²) in [6.45, 7) is 2.37. The van der Waals surface area contributed by atoms with Gasteiger partial charge in [-0.1, -0.05) is 12.1 Å². The van der Waals surface area contributed by atoms with E-state index in [4.69, 9.17) is 10.5 Å². The first kappa shape index (κ1) is 14.8. The Morgan fingerprint density at radius 3 is 2.62 bits per heavy atom. The van der Waals surface area contributed by atoms with Crippen molar-refractivity contribution < 1.29 is 9.53 Å². The number of nitrogen functional groups attached to an aromatic ring is 1. The quantitative estimate of drug-likeness (QED) is 0.880. The number of nitrogens with two attached hydrogens (primary N) is 1. The minimum atomic E-state index is -0.138. The van der Waals surface area contributed by atoms with Gasteiger partial charge in [-0.05, 0) is 43.2 Å². The predicted molar refractivity (Wildman–Crippen MR) is 82.4 cm³/mol. The van der Waals surface area contributed by atoms with Crippen LogP contribution in [0.4, 0.5) is 5.82 Å². The third-order valence-corrected chi connectivity index (χ3v) is 3.09. The van der Waals surface area contributed by atoms with Gasteiger partial charge in [-0.15, -0.1) is 0 Å². The van der Waals surface area contributed by atoms with Gasteiger partial charge in [0.1, 0.15) is 11.6 Å². The maximum absolute atomic E-state index is 12.0. The summed E-state index contributed by atoms with van der Waals surface area (Å²) < 4.78 is 5.10. The van der Waals surface area contributed by atoms with Crippen molar-refractivity contribution in [2.45, 2.75) is 13.3 Å². The molecule has 2 rings (SSSR count). The number of methoxy groups -OCH3 is 1. The molecule has 0 atom stereocenters. The highest BCUT2D eigenvalue weighted by Gasteiger charge is 2.07. The number of anilines is 1. The maximum Gasteiger partial charge on any atom is 0.251 e. The van der Waals surface area contributed by atoms with Crippen LogP contribution in [0.15, 0.2) is 36.4 Å². The number of hydrogen-bond acceptors (Lipinski definition) is 4. The van der Waals surface area contributed by atoms with Crippen LogP contribution in [-0.2, 0) is 6.42 Å². The van der Waals surface area contributed by atoms with Crippen molar-refractivity contribution in [3.8, 4) is 5.75 Å².